The highest BCUT2D eigenvalue weighted by Crippen LogP contribution is 2.17. The van der Waals surface area contributed by atoms with Crippen molar-refractivity contribution in [2.24, 2.45) is 5.73 Å². The molecule has 3 N–H and O–H groups in total. The molecule has 2 aromatic carbocycles. The quantitative estimate of drug-likeness (QED) is 0.764. The van der Waals surface area contributed by atoms with Crippen molar-refractivity contribution >= 4 is 10.8 Å². The monoisotopic (exact) mass is 242 g/mol. The van der Waals surface area contributed by atoms with E-state index in [1.165, 1.54) is 21.9 Å². The van der Waals surface area contributed by atoms with Crippen LogP contribution in [0.15, 0.2) is 36.4 Å². The summed E-state index contributed by atoms with van der Waals surface area (Å²) < 4.78 is 0. The lowest BCUT2D eigenvalue weighted by molar-refractivity contribution is 0.653. The summed E-state index contributed by atoms with van der Waals surface area (Å²) in [7, 11) is 0. The first kappa shape index (κ1) is 13.1. The number of nitrogens with one attached hydrogen (secondary N) is 1. The summed E-state index contributed by atoms with van der Waals surface area (Å²) in [6, 6.07) is 13.4. The number of fused-ring (bicyclic) bond motifs is 1. The molecule has 2 rings (SSSR count). The van der Waals surface area contributed by atoms with Crippen molar-refractivity contribution in [1.29, 1.82) is 0 Å². The summed E-state index contributed by atoms with van der Waals surface area (Å²) >= 11 is 0. The van der Waals surface area contributed by atoms with Crippen LogP contribution in [0.3, 0.4) is 0 Å². The molecule has 2 aromatic rings. The molecule has 18 heavy (non-hydrogen) atoms. The van der Waals surface area contributed by atoms with E-state index in [0.29, 0.717) is 0 Å². The maximum absolute atomic E-state index is 5.46. The van der Waals surface area contributed by atoms with Crippen molar-refractivity contribution in [3.05, 3.63) is 47.5 Å². The summed E-state index contributed by atoms with van der Waals surface area (Å²) in [5, 5.41) is 6.07. The number of hydrogen-bond acceptors (Lipinski definition) is 2. The zero-order valence-electron chi connectivity index (χ0n) is 11.1. The maximum atomic E-state index is 5.46. The Hall–Kier alpha value is -1.38. The smallest absolute Gasteiger partial charge is 0.000834 e. The first-order valence-corrected chi connectivity index (χ1v) is 6.69. The molecular weight excluding hydrogens is 220 g/mol. The van der Waals surface area contributed by atoms with Gasteiger partial charge in [-0.1, -0.05) is 42.0 Å². The lowest BCUT2D eigenvalue weighted by Gasteiger charge is -2.06. The Morgan fingerprint density at radius 1 is 1.00 bits per heavy atom. The summed E-state index contributed by atoms with van der Waals surface area (Å²) in [6.07, 6.45) is 2.13. The third kappa shape index (κ3) is 3.56. The van der Waals surface area contributed by atoms with Gasteiger partial charge in [0, 0.05) is 0 Å². The van der Waals surface area contributed by atoms with Crippen LogP contribution in [0.25, 0.3) is 10.8 Å². The van der Waals surface area contributed by atoms with E-state index < -0.39 is 0 Å². The van der Waals surface area contributed by atoms with Gasteiger partial charge in [-0.25, -0.2) is 0 Å². The average molecular weight is 242 g/mol. The number of hydrogen-bond donors (Lipinski definition) is 2. The van der Waals surface area contributed by atoms with Gasteiger partial charge in [0.15, 0.2) is 0 Å². The highest BCUT2D eigenvalue weighted by molar-refractivity contribution is 5.83. The molecule has 0 spiro atoms. The average Bonchev–Trinajstić information content (AvgIpc) is 2.38. The molecule has 0 unspecified atom stereocenters. The van der Waals surface area contributed by atoms with Crippen molar-refractivity contribution in [1.82, 2.24) is 5.32 Å². The molecule has 0 aromatic heterocycles. The second-order valence-electron chi connectivity index (χ2n) is 4.83. The van der Waals surface area contributed by atoms with Gasteiger partial charge in [-0.3, -0.25) is 0 Å². The van der Waals surface area contributed by atoms with Gasteiger partial charge >= 0.3 is 0 Å². The Morgan fingerprint density at radius 2 is 1.78 bits per heavy atom. The Balaban J connectivity index is 1.95. The molecular formula is C16H22N2. The summed E-state index contributed by atoms with van der Waals surface area (Å²) in [5.41, 5.74) is 8.17. The van der Waals surface area contributed by atoms with Crippen molar-refractivity contribution in [3.8, 4) is 0 Å². The van der Waals surface area contributed by atoms with Crippen LogP contribution in [0.4, 0.5) is 0 Å². The van der Waals surface area contributed by atoms with Crippen LogP contribution in [0, 0.1) is 6.92 Å². The third-order valence-electron chi connectivity index (χ3n) is 3.21. The Kier molecular flexibility index (Phi) is 4.73. The molecule has 0 aliphatic rings. The van der Waals surface area contributed by atoms with Crippen molar-refractivity contribution in [3.63, 3.8) is 0 Å². The number of nitrogens with two attached hydrogens (primary N) is 1. The molecule has 0 atom stereocenters. The Morgan fingerprint density at radius 3 is 2.61 bits per heavy atom. The minimum absolute atomic E-state index is 0.766. The normalized spacial score (nSPS) is 11.0. The van der Waals surface area contributed by atoms with E-state index in [9.17, 15) is 0 Å². The van der Waals surface area contributed by atoms with Crippen LogP contribution in [-0.4, -0.2) is 19.6 Å². The SMILES string of the molecule is Cc1ccc2cc(CCNCCCN)ccc2c1. The largest absolute Gasteiger partial charge is 0.330 e. The summed E-state index contributed by atoms with van der Waals surface area (Å²) in [5.74, 6) is 0. The number of benzene rings is 2. The van der Waals surface area contributed by atoms with E-state index >= 15 is 0 Å². The first-order valence-electron chi connectivity index (χ1n) is 6.69. The van der Waals surface area contributed by atoms with Gasteiger partial charge < -0.3 is 11.1 Å². The minimum atomic E-state index is 0.766. The zero-order valence-corrected chi connectivity index (χ0v) is 11.1. The van der Waals surface area contributed by atoms with Crippen LogP contribution < -0.4 is 11.1 Å². The molecule has 0 saturated heterocycles. The molecule has 0 radical (unpaired) electrons. The maximum Gasteiger partial charge on any atom is -0.000834 e. The molecule has 2 nitrogen and oxygen atoms in total. The molecule has 0 saturated carbocycles. The van der Waals surface area contributed by atoms with Crippen LogP contribution in [0.2, 0.25) is 0 Å². The zero-order chi connectivity index (χ0) is 12.8. The highest BCUT2D eigenvalue weighted by Gasteiger charge is 1.97. The second-order valence-corrected chi connectivity index (χ2v) is 4.83. The number of rotatable bonds is 6. The van der Waals surface area contributed by atoms with E-state index in [4.69, 9.17) is 5.73 Å². The van der Waals surface area contributed by atoms with Crippen molar-refractivity contribution in [2.45, 2.75) is 19.8 Å². The molecule has 0 aliphatic heterocycles. The molecule has 96 valence electrons. The predicted octanol–water partition coefficient (Wildman–Crippen LogP) is 2.63. The molecule has 0 amide bonds. The highest BCUT2D eigenvalue weighted by atomic mass is 14.8. The molecule has 0 aliphatic carbocycles. The summed E-state index contributed by atoms with van der Waals surface area (Å²) in [6.45, 7) is 4.94. The van der Waals surface area contributed by atoms with Gasteiger partial charge in [0.25, 0.3) is 0 Å². The van der Waals surface area contributed by atoms with E-state index in [2.05, 4.69) is 48.6 Å². The van der Waals surface area contributed by atoms with E-state index in [1.807, 2.05) is 0 Å². The van der Waals surface area contributed by atoms with Gasteiger partial charge in [0.1, 0.15) is 0 Å². The van der Waals surface area contributed by atoms with E-state index in [0.717, 1.165) is 32.5 Å². The van der Waals surface area contributed by atoms with E-state index in [1.54, 1.807) is 0 Å². The van der Waals surface area contributed by atoms with Crippen LogP contribution >= 0.6 is 0 Å². The number of aryl methyl sites for hydroxylation is 1. The fourth-order valence-electron chi connectivity index (χ4n) is 2.15. The molecule has 0 fully saturated rings. The van der Waals surface area contributed by atoms with Crippen molar-refractivity contribution < 1.29 is 0 Å². The fourth-order valence-corrected chi connectivity index (χ4v) is 2.15. The standard InChI is InChI=1S/C16H22N2/c1-13-3-5-16-12-14(4-6-15(16)11-13)7-10-18-9-2-8-17/h3-6,11-12,18H,2,7-10,17H2,1H3. The van der Waals surface area contributed by atoms with Gasteiger partial charge in [0.05, 0.1) is 0 Å². The van der Waals surface area contributed by atoms with Crippen molar-refractivity contribution in [2.75, 3.05) is 19.6 Å². The molecule has 0 bridgehead atoms. The van der Waals surface area contributed by atoms with Gasteiger partial charge in [0.2, 0.25) is 0 Å². The minimum Gasteiger partial charge on any atom is -0.330 e. The first-order chi connectivity index (χ1) is 8.79. The fraction of sp³-hybridized carbons (Fsp3) is 0.375. The Bertz CT molecular complexity index is 505. The topological polar surface area (TPSA) is 38.0 Å². The summed E-state index contributed by atoms with van der Waals surface area (Å²) in [4.78, 5) is 0. The lowest BCUT2D eigenvalue weighted by Crippen LogP contribution is -2.20. The van der Waals surface area contributed by atoms with Gasteiger partial charge in [-0.05, 0) is 55.7 Å². The van der Waals surface area contributed by atoms with Crippen LogP contribution in [0.1, 0.15) is 17.5 Å². The third-order valence-corrected chi connectivity index (χ3v) is 3.21. The Labute approximate surface area is 109 Å². The molecule has 0 heterocycles. The van der Waals surface area contributed by atoms with Crippen LogP contribution in [0.5, 0.6) is 0 Å². The van der Waals surface area contributed by atoms with Gasteiger partial charge in [-0.2, -0.15) is 0 Å². The molecule has 2 heteroatoms. The lowest BCUT2D eigenvalue weighted by atomic mass is 10.0. The predicted molar refractivity (Wildman–Crippen MR) is 78.9 cm³/mol. The van der Waals surface area contributed by atoms with Crippen LogP contribution in [-0.2, 0) is 6.42 Å². The van der Waals surface area contributed by atoms with E-state index in [-0.39, 0.29) is 0 Å². The second kappa shape index (κ2) is 6.53. The van der Waals surface area contributed by atoms with Gasteiger partial charge in [-0.15, -0.1) is 0 Å².